The van der Waals surface area contributed by atoms with E-state index in [-0.39, 0.29) is 15.4 Å². The van der Waals surface area contributed by atoms with Crippen LogP contribution in [0.4, 0.5) is 11.4 Å². The Labute approximate surface area is 182 Å². The maximum absolute atomic E-state index is 13.4. The van der Waals surface area contributed by atoms with Crippen molar-refractivity contribution in [3.05, 3.63) is 94.5 Å². The zero-order valence-electron chi connectivity index (χ0n) is 17.6. The molecule has 0 amide bonds. The van der Waals surface area contributed by atoms with Crippen molar-refractivity contribution in [2.45, 2.75) is 25.7 Å². The number of aryl methyl sites for hydroxylation is 2. The van der Waals surface area contributed by atoms with E-state index in [4.69, 9.17) is 4.74 Å². The fourth-order valence-electron chi connectivity index (χ4n) is 3.75. The van der Waals surface area contributed by atoms with E-state index in [0.29, 0.717) is 18.0 Å². The van der Waals surface area contributed by atoms with Crippen LogP contribution in [0.3, 0.4) is 0 Å². The largest absolute Gasteiger partial charge is 0.494 e. The minimum atomic E-state index is -3.97. The number of carbonyl (C=O) groups is 1. The number of carbonyl (C=O) groups excluding carboxylic acids is 1. The third-order valence-corrected chi connectivity index (χ3v) is 6.88. The van der Waals surface area contributed by atoms with E-state index in [2.05, 4.69) is 0 Å². The van der Waals surface area contributed by atoms with Crippen LogP contribution in [0.2, 0.25) is 0 Å². The van der Waals surface area contributed by atoms with Gasteiger partial charge in [-0.1, -0.05) is 18.2 Å². The fraction of sp³-hybridized carbons (Fsp3) is 0.160. The van der Waals surface area contributed by atoms with Gasteiger partial charge in [-0.05, 0) is 80.4 Å². The van der Waals surface area contributed by atoms with Crippen molar-refractivity contribution in [2.75, 3.05) is 11.5 Å². The Hall–Kier alpha value is -3.38. The number of hydrogen-bond donors (Lipinski definition) is 0. The maximum Gasteiger partial charge on any atom is 0.214 e. The monoisotopic (exact) mass is 433 g/mol. The van der Waals surface area contributed by atoms with Gasteiger partial charge in [0.2, 0.25) is 15.6 Å². The molecule has 0 fully saturated rings. The van der Waals surface area contributed by atoms with Crippen LogP contribution >= 0.6 is 0 Å². The first-order valence-corrected chi connectivity index (χ1v) is 11.5. The Morgan fingerprint density at radius 2 is 1.58 bits per heavy atom. The summed E-state index contributed by atoms with van der Waals surface area (Å²) in [4.78, 5) is 14.9. The lowest BCUT2D eigenvalue weighted by atomic mass is 10.1. The molecule has 0 spiro atoms. The van der Waals surface area contributed by atoms with Crippen LogP contribution in [0.5, 0.6) is 5.75 Å². The second-order valence-corrected chi connectivity index (χ2v) is 9.35. The Balaban J connectivity index is 1.86. The van der Waals surface area contributed by atoms with Gasteiger partial charge in [0, 0.05) is 17.5 Å². The molecule has 6 heteroatoms. The molecule has 0 saturated carbocycles. The van der Waals surface area contributed by atoms with Crippen molar-refractivity contribution >= 4 is 27.0 Å². The third-order valence-electron chi connectivity index (χ3n) is 5.09. The number of hydrogen-bond acceptors (Lipinski definition) is 5. The van der Waals surface area contributed by atoms with Crippen LogP contribution in [-0.4, -0.2) is 20.8 Å². The molecule has 1 heterocycles. The predicted molar refractivity (Wildman–Crippen MR) is 122 cm³/mol. The SMILES string of the molecule is CCOc1ccc(C(=O)C2=CN(c3cc(C)cc(C)c3)c3ccccc3S2(=O)=O)cc1. The van der Waals surface area contributed by atoms with Gasteiger partial charge in [0.25, 0.3) is 0 Å². The molecule has 1 aliphatic heterocycles. The second kappa shape index (κ2) is 8.04. The van der Waals surface area contributed by atoms with Crippen LogP contribution in [0.15, 0.2) is 82.7 Å². The van der Waals surface area contributed by atoms with Crippen LogP contribution in [-0.2, 0) is 9.84 Å². The molecular weight excluding hydrogens is 410 g/mol. The number of sulfone groups is 1. The Morgan fingerprint density at radius 3 is 2.23 bits per heavy atom. The Kier molecular flexibility index (Phi) is 5.41. The summed E-state index contributed by atoms with van der Waals surface area (Å²) in [5.41, 5.74) is 3.72. The number of para-hydroxylation sites is 1. The molecule has 3 aromatic rings. The zero-order valence-corrected chi connectivity index (χ0v) is 18.4. The molecule has 4 rings (SSSR count). The van der Waals surface area contributed by atoms with E-state index in [1.165, 1.54) is 6.20 Å². The summed E-state index contributed by atoms with van der Waals surface area (Å²) in [5.74, 6) is 0.0775. The van der Waals surface area contributed by atoms with E-state index in [1.807, 2.05) is 39.0 Å². The minimum absolute atomic E-state index is 0.117. The summed E-state index contributed by atoms with van der Waals surface area (Å²) in [6.07, 6.45) is 1.44. The van der Waals surface area contributed by atoms with E-state index < -0.39 is 15.6 Å². The summed E-state index contributed by atoms with van der Waals surface area (Å²) in [5, 5.41) is 0. The highest BCUT2D eigenvalue weighted by Gasteiger charge is 2.36. The highest BCUT2D eigenvalue weighted by molar-refractivity contribution is 7.96. The maximum atomic E-state index is 13.4. The molecule has 0 unspecified atom stereocenters. The molecule has 0 bridgehead atoms. The zero-order chi connectivity index (χ0) is 22.2. The van der Waals surface area contributed by atoms with Crippen molar-refractivity contribution in [3.8, 4) is 5.75 Å². The topological polar surface area (TPSA) is 63.7 Å². The van der Waals surface area contributed by atoms with Crippen LogP contribution in [0, 0.1) is 13.8 Å². The lowest BCUT2D eigenvalue weighted by molar-refractivity contribution is 0.104. The molecule has 3 aromatic carbocycles. The number of rotatable bonds is 5. The highest BCUT2D eigenvalue weighted by Crippen LogP contribution is 2.40. The number of allylic oxidation sites excluding steroid dienone is 1. The molecule has 31 heavy (non-hydrogen) atoms. The molecule has 0 radical (unpaired) electrons. The number of nitrogens with zero attached hydrogens (tertiary/aromatic N) is 1. The molecule has 0 atom stereocenters. The molecule has 158 valence electrons. The normalized spacial score (nSPS) is 14.5. The average Bonchev–Trinajstić information content (AvgIpc) is 2.73. The first-order chi connectivity index (χ1) is 14.8. The molecular formula is C25H23NO4S. The first-order valence-electron chi connectivity index (χ1n) is 10.0. The van der Waals surface area contributed by atoms with Gasteiger partial charge in [0.1, 0.15) is 10.7 Å². The van der Waals surface area contributed by atoms with Gasteiger partial charge in [-0.15, -0.1) is 0 Å². The van der Waals surface area contributed by atoms with E-state index in [1.54, 1.807) is 53.4 Å². The highest BCUT2D eigenvalue weighted by atomic mass is 32.2. The van der Waals surface area contributed by atoms with Crippen LogP contribution in [0.25, 0.3) is 0 Å². The third kappa shape index (κ3) is 3.86. The number of fused-ring (bicyclic) bond motifs is 1. The van der Waals surface area contributed by atoms with Crippen LogP contribution < -0.4 is 9.64 Å². The van der Waals surface area contributed by atoms with Crippen molar-refractivity contribution in [3.63, 3.8) is 0 Å². The van der Waals surface area contributed by atoms with Crippen LogP contribution in [0.1, 0.15) is 28.4 Å². The lowest BCUT2D eigenvalue weighted by Gasteiger charge is -2.29. The van der Waals surface area contributed by atoms with Crippen molar-refractivity contribution < 1.29 is 17.9 Å². The van der Waals surface area contributed by atoms with Crippen molar-refractivity contribution in [2.24, 2.45) is 0 Å². The summed E-state index contributed by atoms with van der Waals surface area (Å²) in [6.45, 7) is 6.35. The number of benzene rings is 3. The van der Waals surface area contributed by atoms with E-state index in [0.717, 1.165) is 16.8 Å². The van der Waals surface area contributed by atoms with E-state index >= 15 is 0 Å². The van der Waals surface area contributed by atoms with Gasteiger partial charge in [-0.3, -0.25) is 4.79 Å². The molecule has 0 aromatic heterocycles. The standard InChI is InChI=1S/C25H23NO4S/c1-4-30-21-11-9-19(10-12-21)25(27)24-16-26(20-14-17(2)13-18(3)15-20)22-7-5-6-8-23(22)31(24,28)29/h5-16H,4H2,1-3H3. The predicted octanol–water partition coefficient (Wildman–Crippen LogP) is 5.35. The minimum Gasteiger partial charge on any atom is -0.494 e. The molecule has 1 aliphatic rings. The second-order valence-electron chi connectivity index (χ2n) is 7.47. The Bertz CT molecular complexity index is 1270. The Morgan fingerprint density at radius 1 is 0.935 bits per heavy atom. The van der Waals surface area contributed by atoms with E-state index in [9.17, 15) is 13.2 Å². The van der Waals surface area contributed by atoms with Gasteiger partial charge in [0.05, 0.1) is 17.2 Å². The lowest BCUT2D eigenvalue weighted by Crippen LogP contribution is -2.25. The van der Waals surface area contributed by atoms with Gasteiger partial charge in [-0.2, -0.15) is 0 Å². The number of ketones is 1. The average molecular weight is 434 g/mol. The van der Waals surface area contributed by atoms with Gasteiger partial charge in [-0.25, -0.2) is 8.42 Å². The summed E-state index contributed by atoms with van der Waals surface area (Å²) in [6, 6.07) is 19.2. The van der Waals surface area contributed by atoms with Crippen molar-refractivity contribution in [1.82, 2.24) is 0 Å². The number of Topliss-reactive ketones (excluding diaryl/α,β-unsaturated/α-hetero) is 1. The molecule has 5 nitrogen and oxygen atoms in total. The van der Waals surface area contributed by atoms with Crippen molar-refractivity contribution in [1.29, 1.82) is 0 Å². The molecule has 0 N–H and O–H groups in total. The van der Waals surface area contributed by atoms with Gasteiger partial charge in [0.15, 0.2) is 0 Å². The molecule has 0 saturated heterocycles. The quantitative estimate of drug-likeness (QED) is 0.508. The summed E-state index contributed by atoms with van der Waals surface area (Å²) < 4.78 is 32.1. The summed E-state index contributed by atoms with van der Waals surface area (Å²) in [7, 11) is -3.97. The fourth-order valence-corrected chi connectivity index (χ4v) is 5.30. The molecule has 0 aliphatic carbocycles. The number of anilines is 2. The number of ether oxygens (including phenoxy) is 1. The first kappa shape index (κ1) is 20.9. The smallest absolute Gasteiger partial charge is 0.214 e. The van der Waals surface area contributed by atoms with Gasteiger partial charge >= 0.3 is 0 Å². The van der Waals surface area contributed by atoms with Gasteiger partial charge < -0.3 is 9.64 Å². The summed E-state index contributed by atoms with van der Waals surface area (Å²) >= 11 is 0.